The van der Waals surface area contributed by atoms with Crippen molar-refractivity contribution in [2.24, 2.45) is 0 Å². The summed E-state index contributed by atoms with van der Waals surface area (Å²) in [6.07, 6.45) is 59.9. The van der Waals surface area contributed by atoms with Gasteiger partial charge in [-0.25, -0.2) is 0 Å². The standard InChI is InChI=1S/C65H109NO10/c1-4-7-10-13-16-19-22-25-27-29-30-31-33-35-38-41-44-47-50-53-60(70)76-63-62(72)61(71)59(54-67)75-65(63)74-55-56(57(68)51-48-45-42-39-36-24-21-18-15-12-9-6-3)66-64(73)58(69)52-49-46-43-40-37-34-32-28-26-23-20-17-14-11-8-5-2/h16-17,19-20,25-28,30-31,34-35,37-38,43,46,48,51,56-59,61-63,65,67-69,71-72H,4-15,18,21-24,29,32-33,36,39-42,44-45,47,49-50,52-55H2,1-3H3,(H,66,73)/b19-16-,20-17-,27-25-,28-26-,31-30-,37-34-,38-35-,46-43-,51-48+. The van der Waals surface area contributed by atoms with Crippen LogP contribution in [0.25, 0.3) is 0 Å². The predicted octanol–water partition coefficient (Wildman–Crippen LogP) is 14.1. The summed E-state index contributed by atoms with van der Waals surface area (Å²) in [5.74, 6) is -1.30. The van der Waals surface area contributed by atoms with Crippen LogP contribution >= 0.6 is 0 Å². The molecule has 76 heavy (non-hydrogen) atoms. The number of nitrogens with one attached hydrogen (secondary N) is 1. The molecule has 1 amide bonds. The van der Waals surface area contributed by atoms with Crippen LogP contribution in [-0.2, 0) is 23.8 Å². The molecular weight excluding hydrogens is 955 g/mol. The highest BCUT2D eigenvalue weighted by molar-refractivity contribution is 5.80. The number of hydrogen-bond donors (Lipinski definition) is 6. The summed E-state index contributed by atoms with van der Waals surface area (Å²) in [6.45, 7) is 5.66. The Morgan fingerprint density at radius 3 is 1.38 bits per heavy atom. The quantitative estimate of drug-likeness (QED) is 0.0195. The van der Waals surface area contributed by atoms with Crippen molar-refractivity contribution in [3.05, 3.63) is 109 Å². The maximum Gasteiger partial charge on any atom is 0.306 e. The minimum absolute atomic E-state index is 0.0737. The van der Waals surface area contributed by atoms with E-state index in [0.29, 0.717) is 12.8 Å². The SMILES string of the molecule is CCCCC/C=C\C/C=C\C/C=C\C/C=C\CCCCCC(=O)OC1C(OCC(NC(=O)C(O)CC/C=C\C/C=C\C/C=C\C/C=C\CCCCC)C(O)/C=C/CCCCCCCCCCCC)OC(CO)C(O)C1O. The highest BCUT2D eigenvalue weighted by Gasteiger charge is 2.47. The number of allylic oxidation sites excluding steroid dienone is 17. The van der Waals surface area contributed by atoms with Crippen LogP contribution in [0.4, 0.5) is 0 Å². The number of ether oxygens (including phenoxy) is 3. The summed E-state index contributed by atoms with van der Waals surface area (Å²) in [5.41, 5.74) is 0. The fourth-order valence-corrected chi connectivity index (χ4v) is 8.56. The van der Waals surface area contributed by atoms with Crippen LogP contribution in [0.5, 0.6) is 0 Å². The highest BCUT2D eigenvalue weighted by atomic mass is 16.7. The number of aliphatic hydroxyl groups is 5. The minimum atomic E-state index is -1.64. The maximum atomic E-state index is 13.4. The highest BCUT2D eigenvalue weighted by Crippen LogP contribution is 2.26. The predicted molar refractivity (Wildman–Crippen MR) is 315 cm³/mol. The summed E-state index contributed by atoms with van der Waals surface area (Å²) in [5, 5.41) is 56.8. The lowest BCUT2D eigenvalue weighted by Crippen LogP contribution is -2.61. The Balaban J connectivity index is 2.77. The third-order valence-electron chi connectivity index (χ3n) is 13.4. The van der Waals surface area contributed by atoms with Crippen molar-refractivity contribution in [1.29, 1.82) is 0 Å². The average Bonchev–Trinajstić information content (AvgIpc) is 3.42. The van der Waals surface area contributed by atoms with Gasteiger partial charge >= 0.3 is 5.97 Å². The molecule has 1 fully saturated rings. The molecule has 1 aliphatic heterocycles. The number of unbranched alkanes of at least 4 members (excludes halogenated alkanes) is 19. The van der Waals surface area contributed by atoms with E-state index in [2.05, 4.69) is 111 Å². The average molecular weight is 1060 g/mol. The Morgan fingerprint density at radius 1 is 0.513 bits per heavy atom. The van der Waals surface area contributed by atoms with E-state index in [4.69, 9.17) is 14.2 Å². The molecule has 0 aromatic rings. The molecule has 1 aliphatic rings. The zero-order valence-corrected chi connectivity index (χ0v) is 47.8. The Kier molecular flexibility index (Phi) is 48.2. The van der Waals surface area contributed by atoms with E-state index in [1.165, 1.54) is 83.5 Å². The molecule has 0 saturated carbocycles. The Hall–Kier alpha value is -3.68. The summed E-state index contributed by atoms with van der Waals surface area (Å²) in [6, 6.07) is -1.07. The second kappa shape index (κ2) is 52.0. The maximum absolute atomic E-state index is 13.4. The van der Waals surface area contributed by atoms with Gasteiger partial charge < -0.3 is 45.1 Å². The number of esters is 1. The fraction of sp³-hybridized carbons (Fsp3) is 0.692. The van der Waals surface area contributed by atoms with Crippen LogP contribution in [0.2, 0.25) is 0 Å². The van der Waals surface area contributed by atoms with Crippen LogP contribution in [0.3, 0.4) is 0 Å². The molecule has 0 aromatic carbocycles. The van der Waals surface area contributed by atoms with Gasteiger partial charge in [0, 0.05) is 6.42 Å². The van der Waals surface area contributed by atoms with Gasteiger partial charge in [-0.1, -0.05) is 220 Å². The van der Waals surface area contributed by atoms with Crippen molar-refractivity contribution in [2.45, 2.75) is 275 Å². The second-order valence-electron chi connectivity index (χ2n) is 20.4. The van der Waals surface area contributed by atoms with Crippen molar-refractivity contribution >= 4 is 11.9 Å². The van der Waals surface area contributed by atoms with E-state index >= 15 is 0 Å². The topological polar surface area (TPSA) is 175 Å². The van der Waals surface area contributed by atoms with Crippen molar-refractivity contribution < 1.29 is 49.3 Å². The fourth-order valence-electron chi connectivity index (χ4n) is 8.56. The van der Waals surface area contributed by atoms with Gasteiger partial charge in [0.25, 0.3) is 0 Å². The molecule has 11 nitrogen and oxygen atoms in total. The molecule has 0 spiro atoms. The summed E-state index contributed by atoms with van der Waals surface area (Å²) in [7, 11) is 0. The first kappa shape index (κ1) is 70.3. The van der Waals surface area contributed by atoms with Gasteiger partial charge in [0.15, 0.2) is 12.4 Å². The summed E-state index contributed by atoms with van der Waals surface area (Å²) >= 11 is 0. The normalized spacial score (nSPS) is 19.9. The van der Waals surface area contributed by atoms with E-state index in [-0.39, 0.29) is 19.4 Å². The molecular formula is C65H109NO10. The number of carbonyl (C=O) groups excluding carboxylic acids is 2. The molecule has 8 atom stereocenters. The van der Waals surface area contributed by atoms with Crippen LogP contribution < -0.4 is 5.32 Å². The van der Waals surface area contributed by atoms with Gasteiger partial charge in [0.2, 0.25) is 5.91 Å². The molecule has 11 heteroatoms. The molecule has 1 rings (SSSR count). The Bertz CT molecular complexity index is 1650. The van der Waals surface area contributed by atoms with E-state index in [9.17, 15) is 35.1 Å². The van der Waals surface area contributed by atoms with Gasteiger partial charge in [-0.05, 0) is 109 Å². The van der Waals surface area contributed by atoms with Crippen LogP contribution in [0.15, 0.2) is 109 Å². The van der Waals surface area contributed by atoms with E-state index in [0.717, 1.165) is 96.3 Å². The second-order valence-corrected chi connectivity index (χ2v) is 20.4. The number of hydrogen-bond acceptors (Lipinski definition) is 10. The zero-order valence-electron chi connectivity index (χ0n) is 47.8. The molecule has 1 saturated heterocycles. The largest absolute Gasteiger partial charge is 0.454 e. The third-order valence-corrected chi connectivity index (χ3v) is 13.4. The lowest BCUT2D eigenvalue weighted by Gasteiger charge is -2.41. The van der Waals surface area contributed by atoms with E-state index in [1.807, 2.05) is 18.2 Å². The Morgan fingerprint density at radius 2 is 0.908 bits per heavy atom. The van der Waals surface area contributed by atoms with Crippen molar-refractivity contribution in [1.82, 2.24) is 5.32 Å². The molecule has 0 bridgehead atoms. The molecule has 434 valence electrons. The summed E-state index contributed by atoms with van der Waals surface area (Å²) in [4.78, 5) is 26.5. The monoisotopic (exact) mass is 1060 g/mol. The lowest BCUT2D eigenvalue weighted by molar-refractivity contribution is -0.305. The number of rotatable bonds is 49. The van der Waals surface area contributed by atoms with Crippen LogP contribution in [0, 0.1) is 0 Å². The van der Waals surface area contributed by atoms with Gasteiger partial charge in [-0.15, -0.1) is 0 Å². The minimum Gasteiger partial charge on any atom is -0.454 e. The lowest BCUT2D eigenvalue weighted by atomic mass is 9.99. The van der Waals surface area contributed by atoms with Crippen LogP contribution in [-0.4, -0.2) is 99.6 Å². The molecule has 8 unspecified atom stereocenters. The first-order valence-corrected chi connectivity index (χ1v) is 30.2. The number of carbonyl (C=O) groups is 2. The van der Waals surface area contributed by atoms with Gasteiger partial charge in [0.1, 0.15) is 24.4 Å². The molecule has 1 heterocycles. The molecule has 0 radical (unpaired) electrons. The van der Waals surface area contributed by atoms with E-state index < -0.39 is 67.4 Å². The first-order valence-electron chi connectivity index (χ1n) is 30.2. The summed E-state index contributed by atoms with van der Waals surface area (Å²) < 4.78 is 17.5. The van der Waals surface area contributed by atoms with Gasteiger partial charge in [-0.2, -0.15) is 0 Å². The zero-order chi connectivity index (χ0) is 55.4. The smallest absolute Gasteiger partial charge is 0.306 e. The van der Waals surface area contributed by atoms with Crippen LogP contribution in [0.1, 0.15) is 226 Å². The van der Waals surface area contributed by atoms with Gasteiger partial charge in [0.05, 0.1) is 25.4 Å². The number of amides is 1. The van der Waals surface area contributed by atoms with Crippen molar-refractivity contribution in [2.75, 3.05) is 13.2 Å². The first-order chi connectivity index (χ1) is 37.2. The third kappa shape index (κ3) is 39.6. The Labute approximate surface area is 462 Å². The molecule has 6 N–H and O–H groups in total. The molecule has 0 aliphatic carbocycles. The van der Waals surface area contributed by atoms with Gasteiger partial charge in [-0.3, -0.25) is 9.59 Å². The van der Waals surface area contributed by atoms with Crippen molar-refractivity contribution in [3.8, 4) is 0 Å². The van der Waals surface area contributed by atoms with Crippen molar-refractivity contribution in [3.63, 3.8) is 0 Å². The molecule has 0 aromatic heterocycles. The van der Waals surface area contributed by atoms with E-state index in [1.54, 1.807) is 6.08 Å². The number of aliphatic hydroxyl groups excluding tert-OH is 5.